The Kier molecular flexibility index (Phi) is 6.70. The van der Waals surface area contributed by atoms with Crippen LogP contribution in [0.25, 0.3) is 0 Å². The molecule has 0 saturated heterocycles. The monoisotopic (exact) mass is 277 g/mol. The Balaban J connectivity index is 2.99. The number of hydrogen-bond acceptors (Lipinski definition) is 2. The highest BCUT2D eigenvalue weighted by Crippen LogP contribution is 2.28. The molecule has 1 atom stereocenters. The molecule has 1 unspecified atom stereocenters. The van der Waals surface area contributed by atoms with Crippen LogP contribution >= 0.6 is 0 Å². The summed E-state index contributed by atoms with van der Waals surface area (Å²) < 4.78 is 0. The van der Waals surface area contributed by atoms with Crippen LogP contribution in [-0.2, 0) is 0 Å². The number of hydrogen-bond donors (Lipinski definition) is 1. The van der Waals surface area contributed by atoms with Crippen molar-refractivity contribution in [1.29, 1.82) is 0 Å². The summed E-state index contributed by atoms with van der Waals surface area (Å²) in [7, 11) is 0. The van der Waals surface area contributed by atoms with Crippen LogP contribution in [0.4, 0.5) is 0 Å². The highest BCUT2D eigenvalue weighted by Gasteiger charge is 2.18. The van der Waals surface area contributed by atoms with Crippen LogP contribution in [0.3, 0.4) is 0 Å². The zero-order chi connectivity index (χ0) is 15.3. The van der Waals surface area contributed by atoms with Gasteiger partial charge in [-0.05, 0) is 81.4 Å². The number of aliphatic hydroxyl groups is 1. The predicted octanol–water partition coefficient (Wildman–Crippen LogP) is 4.08. The largest absolute Gasteiger partial charge is 0.387 e. The average Bonchev–Trinajstić information content (AvgIpc) is 2.37. The van der Waals surface area contributed by atoms with Gasteiger partial charge in [-0.15, -0.1) is 0 Å². The maximum absolute atomic E-state index is 10.7. The van der Waals surface area contributed by atoms with Crippen molar-refractivity contribution in [1.82, 2.24) is 4.90 Å². The van der Waals surface area contributed by atoms with Crippen LogP contribution in [0.5, 0.6) is 0 Å². The summed E-state index contributed by atoms with van der Waals surface area (Å²) >= 11 is 0. The zero-order valence-corrected chi connectivity index (χ0v) is 14.1. The van der Waals surface area contributed by atoms with E-state index in [1.54, 1.807) is 0 Å². The molecule has 1 aromatic rings. The van der Waals surface area contributed by atoms with Crippen molar-refractivity contribution in [3.05, 3.63) is 33.9 Å². The first-order chi connectivity index (χ1) is 9.42. The molecule has 0 heterocycles. The number of rotatable bonds is 7. The highest BCUT2D eigenvalue weighted by atomic mass is 16.3. The second-order valence-electron chi connectivity index (χ2n) is 5.99. The topological polar surface area (TPSA) is 23.5 Å². The quantitative estimate of drug-likeness (QED) is 0.812. The van der Waals surface area contributed by atoms with Crippen molar-refractivity contribution in [2.75, 3.05) is 19.6 Å². The summed E-state index contributed by atoms with van der Waals surface area (Å²) in [4.78, 5) is 2.38. The normalized spacial score (nSPS) is 13.0. The van der Waals surface area contributed by atoms with Gasteiger partial charge in [0.25, 0.3) is 0 Å². The second kappa shape index (κ2) is 7.80. The fourth-order valence-electron chi connectivity index (χ4n) is 3.01. The van der Waals surface area contributed by atoms with E-state index in [9.17, 15) is 5.11 Å². The van der Waals surface area contributed by atoms with Crippen LogP contribution in [-0.4, -0.2) is 29.6 Å². The van der Waals surface area contributed by atoms with Crippen molar-refractivity contribution < 1.29 is 5.11 Å². The van der Waals surface area contributed by atoms with Gasteiger partial charge in [-0.2, -0.15) is 0 Å². The molecule has 0 aliphatic heterocycles. The minimum absolute atomic E-state index is 0.383. The number of aliphatic hydroxyl groups excluding tert-OH is 1. The van der Waals surface area contributed by atoms with E-state index in [4.69, 9.17) is 0 Å². The van der Waals surface area contributed by atoms with E-state index in [0.29, 0.717) is 0 Å². The van der Waals surface area contributed by atoms with Gasteiger partial charge in [0.15, 0.2) is 0 Å². The summed E-state index contributed by atoms with van der Waals surface area (Å²) in [5.41, 5.74) is 6.18. The molecule has 1 aromatic carbocycles. The molecule has 20 heavy (non-hydrogen) atoms. The minimum atomic E-state index is -0.383. The van der Waals surface area contributed by atoms with Crippen molar-refractivity contribution in [2.45, 2.75) is 60.5 Å². The zero-order valence-electron chi connectivity index (χ0n) is 14.1. The fourth-order valence-corrected chi connectivity index (χ4v) is 3.01. The molecule has 0 aliphatic rings. The first kappa shape index (κ1) is 17.2. The summed E-state index contributed by atoms with van der Waals surface area (Å²) in [6, 6.07) is 2.22. The Morgan fingerprint density at radius 3 is 1.80 bits per heavy atom. The van der Waals surface area contributed by atoms with E-state index in [0.717, 1.165) is 38.0 Å². The van der Waals surface area contributed by atoms with Gasteiger partial charge in [0.05, 0.1) is 6.10 Å². The van der Waals surface area contributed by atoms with E-state index in [2.05, 4.69) is 52.5 Å². The van der Waals surface area contributed by atoms with Crippen molar-refractivity contribution in [3.8, 4) is 0 Å². The van der Waals surface area contributed by atoms with Crippen LogP contribution < -0.4 is 0 Å². The Hall–Kier alpha value is -0.860. The van der Waals surface area contributed by atoms with Crippen LogP contribution in [0.15, 0.2) is 6.07 Å². The first-order valence-electron chi connectivity index (χ1n) is 7.90. The molecule has 114 valence electrons. The Morgan fingerprint density at radius 1 is 0.950 bits per heavy atom. The van der Waals surface area contributed by atoms with Crippen LogP contribution in [0.1, 0.15) is 60.6 Å². The predicted molar refractivity (Wildman–Crippen MR) is 87.4 cm³/mol. The number of nitrogens with zero attached hydrogens (tertiary/aromatic N) is 1. The molecule has 1 rings (SSSR count). The summed E-state index contributed by atoms with van der Waals surface area (Å²) in [5.74, 6) is 0. The van der Waals surface area contributed by atoms with Gasteiger partial charge < -0.3 is 10.0 Å². The lowest BCUT2D eigenvalue weighted by molar-refractivity contribution is 0.112. The molecule has 0 saturated carbocycles. The Morgan fingerprint density at radius 2 is 1.40 bits per heavy atom. The van der Waals surface area contributed by atoms with Crippen molar-refractivity contribution >= 4 is 0 Å². The van der Waals surface area contributed by atoms with Gasteiger partial charge in [0.2, 0.25) is 0 Å². The van der Waals surface area contributed by atoms with Crippen LogP contribution in [0.2, 0.25) is 0 Å². The van der Waals surface area contributed by atoms with Gasteiger partial charge in [0, 0.05) is 6.54 Å². The molecule has 0 radical (unpaired) electrons. The van der Waals surface area contributed by atoms with E-state index >= 15 is 0 Å². The lowest BCUT2D eigenvalue weighted by atomic mass is 9.90. The molecular weight excluding hydrogens is 246 g/mol. The maximum Gasteiger partial charge on any atom is 0.0922 e. The molecule has 1 N–H and O–H groups in total. The SMILES string of the molecule is CCCN(CCC)CC(O)c1c(C)c(C)cc(C)c1C. The average molecular weight is 277 g/mol. The first-order valence-corrected chi connectivity index (χ1v) is 7.90. The third kappa shape index (κ3) is 4.07. The smallest absolute Gasteiger partial charge is 0.0922 e. The fraction of sp³-hybridized carbons (Fsp3) is 0.667. The van der Waals surface area contributed by atoms with E-state index in [1.807, 2.05) is 0 Å². The Labute approximate surface area is 124 Å². The third-order valence-electron chi connectivity index (χ3n) is 4.27. The van der Waals surface area contributed by atoms with E-state index in [1.165, 1.54) is 22.3 Å². The molecular formula is C18H31NO. The molecule has 2 heteroatoms. The van der Waals surface area contributed by atoms with Gasteiger partial charge in [-0.3, -0.25) is 0 Å². The number of benzene rings is 1. The van der Waals surface area contributed by atoms with E-state index in [-0.39, 0.29) is 6.10 Å². The Bertz CT molecular complexity index is 407. The third-order valence-corrected chi connectivity index (χ3v) is 4.27. The van der Waals surface area contributed by atoms with Gasteiger partial charge in [-0.25, -0.2) is 0 Å². The highest BCUT2D eigenvalue weighted by molar-refractivity contribution is 5.45. The summed E-state index contributed by atoms with van der Waals surface area (Å²) in [5, 5.41) is 10.7. The van der Waals surface area contributed by atoms with Gasteiger partial charge in [-0.1, -0.05) is 19.9 Å². The molecule has 0 spiro atoms. The lowest BCUT2D eigenvalue weighted by Gasteiger charge is -2.27. The van der Waals surface area contributed by atoms with E-state index < -0.39 is 0 Å². The summed E-state index contributed by atoms with van der Waals surface area (Å²) in [6.07, 6.45) is 1.89. The molecule has 0 aromatic heterocycles. The van der Waals surface area contributed by atoms with Gasteiger partial charge >= 0.3 is 0 Å². The molecule has 2 nitrogen and oxygen atoms in total. The van der Waals surface area contributed by atoms with Crippen molar-refractivity contribution in [3.63, 3.8) is 0 Å². The maximum atomic E-state index is 10.7. The molecule has 0 fully saturated rings. The minimum Gasteiger partial charge on any atom is -0.387 e. The molecule has 0 bridgehead atoms. The molecule has 0 aliphatic carbocycles. The van der Waals surface area contributed by atoms with Crippen molar-refractivity contribution in [2.24, 2.45) is 0 Å². The molecule has 0 amide bonds. The second-order valence-corrected chi connectivity index (χ2v) is 5.99. The lowest BCUT2D eigenvalue weighted by Crippen LogP contribution is -2.31. The number of aryl methyl sites for hydroxylation is 2. The van der Waals surface area contributed by atoms with Crippen LogP contribution in [0, 0.1) is 27.7 Å². The van der Waals surface area contributed by atoms with Gasteiger partial charge in [0.1, 0.15) is 0 Å². The summed E-state index contributed by atoms with van der Waals surface area (Å²) in [6.45, 7) is 15.8. The standard InChI is InChI=1S/C18H31NO/c1-7-9-19(10-8-2)12-17(20)18-15(5)13(3)11-14(4)16(18)6/h11,17,20H,7-10,12H2,1-6H3.